The summed E-state index contributed by atoms with van der Waals surface area (Å²) in [5.41, 5.74) is 8.89. The number of nitrogens with one attached hydrogen (secondary N) is 5. The number of aryl methyl sites for hydroxylation is 2. The summed E-state index contributed by atoms with van der Waals surface area (Å²) in [5.74, 6) is 1.07. The highest BCUT2D eigenvalue weighted by Crippen LogP contribution is 2.28. The number of anilines is 2. The quantitative estimate of drug-likeness (QED) is 0.0473. The first kappa shape index (κ1) is 65.0. The number of benzene rings is 3. The number of aromatic amines is 1. The first-order valence-electron chi connectivity index (χ1n) is 28.0. The van der Waals surface area contributed by atoms with Gasteiger partial charge in [-0.3, -0.25) is 33.7 Å². The maximum atomic E-state index is 12.7. The van der Waals surface area contributed by atoms with Gasteiger partial charge in [-0.25, -0.2) is 0 Å². The van der Waals surface area contributed by atoms with Crippen LogP contribution in [0.2, 0.25) is 10.0 Å². The normalized spacial score (nSPS) is 13.6. The summed E-state index contributed by atoms with van der Waals surface area (Å²) in [6.45, 7) is 22.0. The zero-order valence-corrected chi connectivity index (χ0v) is 50.7. The third-order valence-electron chi connectivity index (χ3n) is 14.9. The molecule has 0 spiro atoms. The van der Waals surface area contributed by atoms with Gasteiger partial charge in [0.2, 0.25) is 5.88 Å². The second-order valence-corrected chi connectivity index (χ2v) is 21.0. The lowest BCUT2D eigenvalue weighted by Gasteiger charge is -2.31. The van der Waals surface area contributed by atoms with E-state index in [2.05, 4.69) is 73.6 Å². The van der Waals surface area contributed by atoms with E-state index in [1.165, 1.54) is 69.8 Å². The van der Waals surface area contributed by atoms with Crippen molar-refractivity contribution in [3.05, 3.63) is 119 Å². The molecule has 5 aromatic rings. The predicted molar refractivity (Wildman–Crippen MR) is 320 cm³/mol. The average Bonchev–Trinajstić information content (AvgIpc) is 3.92. The van der Waals surface area contributed by atoms with Gasteiger partial charge in [-0.15, -0.1) is 5.10 Å². The number of carbonyl (C=O) groups excluding carboxylic acids is 2. The molecule has 3 aromatic carbocycles. The van der Waals surface area contributed by atoms with Gasteiger partial charge in [0.1, 0.15) is 5.75 Å². The molecule has 0 atom stereocenters. The Kier molecular flexibility index (Phi) is 28.2. The van der Waals surface area contributed by atoms with Crippen molar-refractivity contribution in [2.75, 3.05) is 72.3 Å². The molecule has 16 nitrogen and oxygen atoms in total. The second kappa shape index (κ2) is 33.8. The number of halogens is 2. The topological polar surface area (TPSA) is 172 Å². The fraction of sp³-hybridized carbons (Fsp3) is 0.567. The van der Waals surface area contributed by atoms with Crippen LogP contribution in [0.4, 0.5) is 11.4 Å². The first-order chi connectivity index (χ1) is 37.4. The largest absolute Gasteiger partial charge is 0.497 e. The minimum atomic E-state index is -0.253. The van der Waals surface area contributed by atoms with Crippen LogP contribution in [0, 0.1) is 27.7 Å². The summed E-state index contributed by atoms with van der Waals surface area (Å²) in [5, 5.41) is 20.3. The van der Waals surface area contributed by atoms with Gasteiger partial charge in [0, 0.05) is 102 Å². The van der Waals surface area contributed by atoms with Crippen molar-refractivity contribution in [1.82, 2.24) is 40.0 Å². The number of nitrogens with zero attached hydrogens (tertiary/aromatic N) is 5. The van der Waals surface area contributed by atoms with Crippen LogP contribution in [0.15, 0.2) is 53.3 Å². The molecule has 2 saturated carbocycles. The van der Waals surface area contributed by atoms with Crippen molar-refractivity contribution >= 4 is 46.4 Å². The standard InChI is InChI=1S/C18H25ClN4O2.C17H23ClN4O2.C15H23NO.C10H21NO/c1-6-20-16-9-13(19)8-14(11(16)3)17(24)21-10-15-12(4)23(7-2)22-18(15)25-5;1-5-19-15-8-12(18)7-13(10(15)3)16(23)20-9-14-11(4)22(6-2)21-17(14)24;1-16(14-8-4-3-5-9-14)12-13-7-6-10-15(11-13)17-2;1-11(8-9-12-2)10-6-4-3-5-7-10/h8-9,20H,6-7,10H2,1-5H3,(H,21,24);7-8,19H,5-6,9H2,1-4H3,(H,20,23)(H,21,24);6-7,10-11,14H,3-5,8-9,12H2,1-2H3;10H,3-9H2,1-2H3. The summed E-state index contributed by atoms with van der Waals surface area (Å²) in [6.07, 6.45) is 14.0. The highest BCUT2D eigenvalue weighted by molar-refractivity contribution is 6.31. The second-order valence-electron chi connectivity index (χ2n) is 20.1. The number of rotatable bonds is 21. The summed E-state index contributed by atoms with van der Waals surface area (Å²) >= 11 is 12.3. The van der Waals surface area contributed by atoms with E-state index >= 15 is 0 Å². The van der Waals surface area contributed by atoms with Crippen molar-refractivity contribution < 1.29 is 23.8 Å². The van der Waals surface area contributed by atoms with Crippen molar-refractivity contribution in [2.45, 2.75) is 164 Å². The van der Waals surface area contributed by atoms with Gasteiger partial charge in [0.05, 0.1) is 45.0 Å². The van der Waals surface area contributed by atoms with Crippen LogP contribution >= 0.6 is 23.2 Å². The zero-order chi connectivity index (χ0) is 57.3. The number of amides is 2. The number of aromatic nitrogens is 4. The van der Waals surface area contributed by atoms with Crippen LogP contribution < -0.4 is 36.3 Å². The average molecular weight is 1120 g/mol. The van der Waals surface area contributed by atoms with Crippen LogP contribution in [-0.4, -0.2) is 115 Å². The molecule has 2 fully saturated rings. The maximum absolute atomic E-state index is 12.7. The molecule has 432 valence electrons. The Bertz CT molecular complexity index is 2690. The van der Waals surface area contributed by atoms with Crippen LogP contribution in [0.5, 0.6) is 11.6 Å². The van der Waals surface area contributed by atoms with E-state index in [4.69, 9.17) is 37.4 Å². The fourth-order valence-electron chi connectivity index (χ4n) is 10.1. The van der Waals surface area contributed by atoms with E-state index in [0.717, 1.165) is 96.6 Å². The van der Waals surface area contributed by atoms with Gasteiger partial charge in [-0.05, 0) is 148 Å². The molecular formula is C60H92Cl2N10O6. The Morgan fingerprint density at radius 3 is 1.68 bits per heavy atom. The Balaban J connectivity index is 0.000000232. The van der Waals surface area contributed by atoms with Crippen LogP contribution in [0.1, 0.15) is 152 Å². The summed E-state index contributed by atoms with van der Waals surface area (Å²) in [6, 6.07) is 17.0. The molecule has 0 saturated heterocycles. The van der Waals surface area contributed by atoms with E-state index in [1.807, 2.05) is 72.2 Å². The molecule has 5 N–H and O–H groups in total. The molecular weight excluding hydrogens is 1030 g/mol. The molecule has 2 aliphatic rings. The Morgan fingerprint density at radius 2 is 1.22 bits per heavy atom. The molecule has 2 amide bonds. The van der Waals surface area contributed by atoms with E-state index in [-0.39, 0.29) is 23.9 Å². The molecule has 18 heteroatoms. The number of carbonyl (C=O) groups is 2. The van der Waals surface area contributed by atoms with E-state index < -0.39 is 0 Å². The van der Waals surface area contributed by atoms with Crippen molar-refractivity contribution in [1.29, 1.82) is 0 Å². The third kappa shape index (κ3) is 19.4. The van der Waals surface area contributed by atoms with Crippen LogP contribution in [0.3, 0.4) is 0 Å². The smallest absolute Gasteiger partial charge is 0.269 e. The van der Waals surface area contributed by atoms with Crippen molar-refractivity contribution in [2.24, 2.45) is 0 Å². The maximum Gasteiger partial charge on any atom is 0.269 e. The number of methoxy groups -OCH3 is 3. The number of ether oxygens (including phenoxy) is 3. The molecule has 2 aromatic heterocycles. The number of hydrogen-bond donors (Lipinski definition) is 5. The molecule has 0 unspecified atom stereocenters. The number of likely N-dealkylation sites (N-methyl/N-ethyl adjacent to an activating group) is 1. The van der Waals surface area contributed by atoms with Gasteiger partial charge in [-0.2, -0.15) is 0 Å². The lowest BCUT2D eigenvalue weighted by atomic mass is 9.94. The predicted octanol–water partition coefficient (Wildman–Crippen LogP) is 11.7. The molecule has 78 heavy (non-hydrogen) atoms. The SMILES string of the molecule is CCNc1cc(Cl)cc(C(=O)NCc2c(C)n(CC)[nH]c2=O)c1C.CCNc1cc(Cl)cc(C(=O)NCc2c(OC)nn(CC)c2C)c1C.COCCN(C)C1CCCCC1.COc1cccc(CN(C)C2CCCCC2)c1. The molecule has 2 heterocycles. The van der Waals surface area contributed by atoms with E-state index in [0.29, 0.717) is 45.7 Å². The fourth-order valence-corrected chi connectivity index (χ4v) is 10.5. The summed E-state index contributed by atoms with van der Waals surface area (Å²) in [4.78, 5) is 42.1. The highest BCUT2D eigenvalue weighted by Gasteiger charge is 2.21. The van der Waals surface area contributed by atoms with Gasteiger partial charge < -0.3 is 40.4 Å². The molecule has 0 bridgehead atoms. The monoisotopic (exact) mass is 1120 g/mol. The third-order valence-corrected chi connectivity index (χ3v) is 15.3. The van der Waals surface area contributed by atoms with Crippen LogP contribution in [-0.2, 0) is 37.5 Å². The van der Waals surface area contributed by atoms with Gasteiger partial charge in [0.25, 0.3) is 17.4 Å². The van der Waals surface area contributed by atoms with E-state index in [1.54, 1.807) is 44.2 Å². The van der Waals surface area contributed by atoms with Gasteiger partial charge >= 0.3 is 0 Å². The Hall–Kier alpha value is -5.52. The van der Waals surface area contributed by atoms with E-state index in [9.17, 15) is 14.4 Å². The minimum Gasteiger partial charge on any atom is -0.497 e. The number of hydrogen-bond acceptors (Lipinski definition) is 11. The molecule has 0 radical (unpaired) electrons. The summed E-state index contributed by atoms with van der Waals surface area (Å²) < 4.78 is 19.3. The molecule has 2 aliphatic carbocycles. The Labute approximate surface area is 475 Å². The van der Waals surface area contributed by atoms with Crippen molar-refractivity contribution in [3.63, 3.8) is 0 Å². The molecule has 7 rings (SSSR count). The summed E-state index contributed by atoms with van der Waals surface area (Å²) in [7, 11) is 9.54. The zero-order valence-electron chi connectivity index (χ0n) is 49.2. The lowest BCUT2D eigenvalue weighted by Crippen LogP contribution is -2.35. The van der Waals surface area contributed by atoms with Gasteiger partial charge in [-0.1, -0.05) is 73.9 Å². The Morgan fingerprint density at radius 1 is 0.692 bits per heavy atom. The highest BCUT2D eigenvalue weighted by atomic mass is 35.5. The van der Waals surface area contributed by atoms with Gasteiger partial charge in [0.15, 0.2) is 0 Å². The first-order valence-corrected chi connectivity index (χ1v) is 28.8. The molecule has 0 aliphatic heterocycles. The van der Waals surface area contributed by atoms with Crippen molar-refractivity contribution in [3.8, 4) is 11.6 Å². The number of H-pyrrole nitrogens is 1. The van der Waals surface area contributed by atoms with Crippen LogP contribution in [0.25, 0.3) is 0 Å². The lowest BCUT2D eigenvalue weighted by molar-refractivity contribution is 0.0942. The minimum absolute atomic E-state index is 0.175.